The maximum atomic E-state index is 13.2. The van der Waals surface area contributed by atoms with Crippen molar-refractivity contribution in [2.75, 3.05) is 19.6 Å². The number of para-hydroxylation sites is 1. The number of ether oxygens (including phenoxy) is 1. The first-order valence-electron chi connectivity index (χ1n) is 15.5. The molecule has 5 rings (SSSR count). The number of aryl methyl sites for hydroxylation is 2. The van der Waals surface area contributed by atoms with Gasteiger partial charge >= 0.3 is 6.18 Å². The first-order chi connectivity index (χ1) is 21.6. The van der Waals surface area contributed by atoms with Gasteiger partial charge in [0.1, 0.15) is 11.9 Å². The van der Waals surface area contributed by atoms with Gasteiger partial charge in [-0.2, -0.15) is 13.2 Å². The summed E-state index contributed by atoms with van der Waals surface area (Å²) in [5.41, 5.74) is 4.82. The van der Waals surface area contributed by atoms with Crippen LogP contribution in [0, 0.1) is 19.8 Å². The SMILES string of the molecule is Cc1cc(-c2ccncc2)cc(C)c1C(=O)NCC[C@H](C)N1CCC([C@@H](Oc2ccccc2)c2ccc(C(F)(F)F)cc2)CC1. The lowest BCUT2D eigenvalue weighted by atomic mass is 9.86. The van der Waals surface area contributed by atoms with Crippen molar-refractivity contribution in [1.82, 2.24) is 15.2 Å². The number of pyridine rings is 1. The molecule has 0 bridgehead atoms. The van der Waals surface area contributed by atoms with Crippen molar-refractivity contribution < 1.29 is 22.7 Å². The van der Waals surface area contributed by atoms with Gasteiger partial charge in [0.15, 0.2) is 0 Å². The van der Waals surface area contributed by atoms with Gasteiger partial charge in [0, 0.05) is 36.5 Å². The second-order valence-corrected chi connectivity index (χ2v) is 12.0. The van der Waals surface area contributed by atoms with E-state index < -0.39 is 11.7 Å². The van der Waals surface area contributed by atoms with Gasteiger partial charge in [-0.05, 0) is 117 Å². The topological polar surface area (TPSA) is 54.5 Å². The Bertz CT molecular complexity index is 1530. The van der Waals surface area contributed by atoms with Crippen molar-refractivity contribution in [2.24, 2.45) is 5.92 Å². The van der Waals surface area contributed by atoms with Crippen LogP contribution in [0.2, 0.25) is 0 Å². The standard InChI is InChI=1S/C37H40F3N3O2/c1-25-23-31(28-14-18-41-19-15-28)24-26(2)34(25)36(44)42-20-13-27(3)43-21-16-30(17-22-43)35(45-33-7-5-4-6-8-33)29-9-11-32(12-10-29)37(38,39)40/h4-12,14-15,18-19,23-24,27,30,35H,13,16-17,20-22H2,1-3H3,(H,42,44)/t27-,35-/m0/s1. The highest BCUT2D eigenvalue weighted by Crippen LogP contribution is 2.37. The molecule has 1 aromatic heterocycles. The van der Waals surface area contributed by atoms with E-state index in [-0.39, 0.29) is 24.0 Å². The molecule has 1 aliphatic heterocycles. The molecular formula is C37H40F3N3O2. The summed E-state index contributed by atoms with van der Waals surface area (Å²) in [6.07, 6.45) is 1.34. The molecule has 4 aromatic rings. The fourth-order valence-electron chi connectivity index (χ4n) is 6.31. The molecule has 45 heavy (non-hydrogen) atoms. The van der Waals surface area contributed by atoms with Gasteiger partial charge in [0.25, 0.3) is 5.91 Å². The summed E-state index contributed by atoms with van der Waals surface area (Å²) in [6.45, 7) is 8.39. The number of nitrogens with zero attached hydrogens (tertiary/aromatic N) is 2. The Morgan fingerprint density at radius 1 is 0.933 bits per heavy atom. The molecule has 5 nitrogen and oxygen atoms in total. The fourth-order valence-corrected chi connectivity index (χ4v) is 6.31. The van der Waals surface area contributed by atoms with Crippen LogP contribution in [0.15, 0.2) is 91.3 Å². The lowest BCUT2D eigenvalue weighted by molar-refractivity contribution is -0.137. The summed E-state index contributed by atoms with van der Waals surface area (Å²) in [5.74, 6) is 0.798. The molecule has 236 valence electrons. The highest BCUT2D eigenvalue weighted by molar-refractivity contribution is 5.97. The molecule has 0 radical (unpaired) electrons. The number of carbonyl (C=O) groups excluding carboxylic acids is 1. The van der Waals surface area contributed by atoms with Crippen molar-refractivity contribution in [3.63, 3.8) is 0 Å². The minimum atomic E-state index is -4.38. The van der Waals surface area contributed by atoms with E-state index in [2.05, 4.69) is 22.1 Å². The van der Waals surface area contributed by atoms with E-state index in [4.69, 9.17) is 4.74 Å². The quantitative estimate of drug-likeness (QED) is 0.195. The smallest absolute Gasteiger partial charge is 0.416 e. The van der Waals surface area contributed by atoms with E-state index >= 15 is 0 Å². The molecule has 2 atom stereocenters. The Balaban J connectivity index is 1.16. The summed E-state index contributed by atoms with van der Waals surface area (Å²) < 4.78 is 46.0. The Labute approximate surface area is 263 Å². The van der Waals surface area contributed by atoms with Crippen molar-refractivity contribution in [3.05, 3.63) is 119 Å². The zero-order valence-corrected chi connectivity index (χ0v) is 26.0. The van der Waals surface area contributed by atoms with Gasteiger partial charge in [0.05, 0.1) is 5.56 Å². The van der Waals surface area contributed by atoms with Crippen molar-refractivity contribution >= 4 is 5.91 Å². The van der Waals surface area contributed by atoms with Crippen LogP contribution in [-0.4, -0.2) is 41.5 Å². The first kappa shape index (κ1) is 32.2. The average molecular weight is 616 g/mol. The highest BCUT2D eigenvalue weighted by Gasteiger charge is 2.33. The highest BCUT2D eigenvalue weighted by atomic mass is 19.4. The minimum Gasteiger partial charge on any atom is -0.485 e. The summed E-state index contributed by atoms with van der Waals surface area (Å²) in [7, 11) is 0. The maximum absolute atomic E-state index is 13.2. The van der Waals surface area contributed by atoms with Crippen LogP contribution in [0.1, 0.15) is 64.9 Å². The summed E-state index contributed by atoms with van der Waals surface area (Å²) >= 11 is 0. The first-order valence-corrected chi connectivity index (χ1v) is 15.5. The third-order valence-electron chi connectivity index (χ3n) is 8.82. The third kappa shape index (κ3) is 8.11. The lowest BCUT2D eigenvalue weighted by Crippen LogP contribution is -2.43. The molecule has 0 saturated carbocycles. The van der Waals surface area contributed by atoms with Gasteiger partial charge in [-0.1, -0.05) is 42.5 Å². The molecule has 1 fully saturated rings. The number of rotatable bonds is 10. The number of alkyl halides is 3. The zero-order valence-electron chi connectivity index (χ0n) is 26.0. The van der Waals surface area contributed by atoms with Gasteiger partial charge in [-0.3, -0.25) is 9.78 Å². The third-order valence-corrected chi connectivity index (χ3v) is 8.82. The molecule has 0 aliphatic carbocycles. The number of benzene rings is 3. The van der Waals surface area contributed by atoms with E-state index in [0.717, 1.165) is 72.3 Å². The van der Waals surface area contributed by atoms with Crippen LogP contribution >= 0.6 is 0 Å². The summed E-state index contributed by atoms with van der Waals surface area (Å²) in [5, 5.41) is 3.13. The van der Waals surface area contributed by atoms with Crippen LogP contribution in [0.5, 0.6) is 5.75 Å². The molecule has 3 aromatic carbocycles. The second kappa shape index (κ2) is 14.3. The summed E-state index contributed by atoms with van der Waals surface area (Å²) in [6, 6.07) is 23.1. The number of nitrogens with one attached hydrogen (secondary N) is 1. The van der Waals surface area contributed by atoms with Gasteiger partial charge < -0.3 is 15.0 Å². The number of aromatic nitrogens is 1. The van der Waals surface area contributed by atoms with Crippen LogP contribution in [0.4, 0.5) is 13.2 Å². The van der Waals surface area contributed by atoms with Gasteiger partial charge in [0.2, 0.25) is 0 Å². The molecule has 1 amide bonds. The second-order valence-electron chi connectivity index (χ2n) is 12.0. The lowest BCUT2D eigenvalue weighted by Gasteiger charge is -2.39. The molecule has 0 spiro atoms. The number of hydrogen-bond acceptors (Lipinski definition) is 4. The molecule has 1 aliphatic rings. The van der Waals surface area contributed by atoms with Crippen molar-refractivity contribution in [3.8, 4) is 16.9 Å². The maximum Gasteiger partial charge on any atom is 0.416 e. The number of likely N-dealkylation sites (tertiary alicyclic amines) is 1. The Morgan fingerprint density at radius 2 is 1.56 bits per heavy atom. The van der Waals surface area contributed by atoms with Crippen LogP contribution < -0.4 is 10.1 Å². The molecule has 2 heterocycles. The van der Waals surface area contributed by atoms with E-state index in [9.17, 15) is 18.0 Å². The molecule has 1 saturated heterocycles. The average Bonchev–Trinajstić information content (AvgIpc) is 3.04. The molecular weight excluding hydrogens is 575 g/mol. The Morgan fingerprint density at radius 3 is 2.16 bits per heavy atom. The molecule has 0 unspecified atom stereocenters. The van der Waals surface area contributed by atoms with Gasteiger partial charge in [-0.15, -0.1) is 0 Å². The zero-order chi connectivity index (χ0) is 32.0. The van der Waals surface area contributed by atoms with Crippen molar-refractivity contribution in [2.45, 2.75) is 58.4 Å². The number of hydrogen-bond donors (Lipinski definition) is 1. The minimum absolute atomic E-state index is 0.0605. The number of halogens is 3. The van der Waals surface area contributed by atoms with Crippen LogP contribution in [-0.2, 0) is 6.18 Å². The fraction of sp³-hybridized carbons (Fsp3) is 0.351. The Kier molecular flexibility index (Phi) is 10.2. The Hall–Kier alpha value is -4.17. The van der Waals surface area contributed by atoms with E-state index in [0.29, 0.717) is 17.9 Å². The van der Waals surface area contributed by atoms with E-state index in [1.165, 1.54) is 0 Å². The number of piperidine rings is 1. The van der Waals surface area contributed by atoms with E-state index in [1.807, 2.05) is 68.4 Å². The van der Waals surface area contributed by atoms with Crippen LogP contribution in [0.3, 0.4) is 0 Å². The number of carbonyl (C=O) groups is 1. The predicted molar refractivity (Wildman–Crippen MR) is 171 cm³/mol. The molecule has 8 heteroatoms. The normalized spacial score (nSPS) is 15.8. The van der Waals surface area contributed by atoms with Crippen molar-refractivity contribution in [1.29, 1.82) is 0 Å². The largest absolute Gasteiger partial charge is 0.485 e. The molecule has 1 N–H and O–H groups in total. The van der Waals surface area contributed by atoms with Gasteiger partial charge in [-0.25, -0.2) is 0 Å². The van der Waals surface area contributed by atoms with Crippen LogP contribution in [0.25, 0.3) is 11.1 Å². The monoisotopic (exact) mass is 615 g/mol. The predicted octanol–water partition coefficient (Wildman–Crippen LogP) is 8.42. The van der Waals surface area contributed by atoms with E-state index in [1.54, 1.807) is 24.5 Å². The number of amides is 1. The summed E-state index contributed by atoms with van der Waals surface area (Å²) in [4.78, 5) is 19.7.